The third kappa shape index (κ3) is 5.49. The van der Waals surface area contributed by atoms with Crippen LogP contribution in [0.25, 0.3) is 22.7 Å². The van der Waals surface area contributed by atoms with Crippen LogP contribution >= 0.6 is 22.9 Å². The Labute approximate surface area is 228 Å². The van der Waals surface area contributed by atoms with Gasteiger partial charge in [0, 0.05) is 32.2 Å². The van der Waals surface area contributed by atoms with Gasteiger partial charge in [-0.15, -0.1) is 11.3 Å². The van der Waals surface area contributed by atoms with Crippen LogP contribution < -0.4 is 10.6 Å². The highest BCUT2D eigenvalue weighted by Gasteiger charge is 2.19. The van der Waals surface area contributed by atoms with E-state index in [0.717, 1.165) is 24.2 Å². The number of thiophene rings is 1. The highest BCUT2D eigenvalue weighted by Crippen LogP contribution is 2.26. The van der Waals surface area contributed by atoms with Gasteiger partial charge in [0.1, 0.15) is 16.1 Å². The average molecular weight is 551 g/mol. The van der Waals surface area contributed by atoms with Gasteiger partial charge in [0.05, 0.1) is 22.1 Å². The first-order chi connectivity index (χ1) is 18.3. The van der Waals surface area contributed by atoms with Crippen molar-refractivity contribution in [2.24, 2.45) is 7.05 Å². The number of fused-ring (bicyclic) bond motifs is 1. The largest absolute Gasteiger partial charge is 0.346 e. The molecule has 0 aliphatic carbocycles. The summed E-state index contributed by atoms with van der Waals surface area (Å²) in [6, 6.07) is 8.95. The minimum atomic E-state index is -0.310. The number of rotatable bonds is 9. The zero-order valence-corrected chi connectivity index (χ0v) is 22.7. The number of hydrogen-bond donors (Lipinski definition) is 3. The molecule has 0 aliphatic rings. The van der Waals surface area contributed by atoms with E-state index in [1.54, 1.807) is 29.9 Å². The normalized spacial score (nSPS) is 11.4. The average Bonchev–Trinajstić information content (AvgIpc) is 3.64. The Morgan fingerprint density at radius 3 is 2.66 bits per heavy atom. The maximum Gasteiger partial charge on any atom is 0.272 e. The fourth-order valence-electron chi connectivity index (χ4n) is 4.18. The van der Waals surface area contributed by atoms with Crippen molar-refractivity contribution in [1.82, 2.24) is 29.0 Å². The Bertz CT molecular complexity index is 1580. The van der Waals surface area contributed by atoms with Crippen molar-refractivity contribution >= 4 is 57.3 Å². The molecule has 5 heterocycles. The SMILES string of the molecule is CN(C)CCCn1cc(NC(=O)c2sccc2Cl)cc1C(=O)Nc1cc(-c2nc3cccnc3[nH]2)n(C)c1. The summed E-state index contributed by atoms with van der Waals surface area (Å²) in [7, 11) is 5.90. The zero-order valence-electron chi connectivity index (χ0n) is 21.2. The van der Waals surface area contributed by atoms with E-state index in [2.05, 4.69) is 30.5 Å². The quantitative estimate of drug-likeness (QED) is 0.241. The number of halogens is 1. The predicted molar refractivity (Wildman–Crippen MR) is 151 cm³/mol. The maximum atomic E-state index is 13.4. The highest BCUT2D eigenvalue weighted by molar-refractivity contribution is 7.12. The van der Waals surface area contributed by atoms with Crippen LogP contribution in [-0.2, 0) is 13.6 Å². The van der Waals surface area contributed by atoms with E-state index in [9.17, 15) is 9.59 Å². The molecule has 0 bridgehead atoms. The number of hydrogen-bond acceptors (Lipinski definition) is 6. The van der Waals surface area contributed by atoms with Gasteiger partial charge in [0.25, 0.3) is 11.8 Å². The summed E-state index contributed by atoms with van der Waals surface area (Å²) in [6.45, 7) is 1.47. The summed E-state index contributed by atoms with van der Waals surface area (Å²) in [5.74, 6) is 0.0642. The summed E-state index contributed by atoms with van der Waals surface area (Å²) in [6.07, 6.45) is 6.15. The van der Waals surface area contributed by atoms with E-state index >= 15 is 0 Å². The van der Waals surface area contributed by atoms with Crippen molar-refractivity contribution < 1.29 is 9.59 Å². The van der Waals surface area contributed by atoms with E-state index in [1.165, 1.54) is 11.3 Å². The van der Waals surface area contributed by atoms with Crippen LogP contribution in [-0.4, -0.2) is 61.4 Å². The molecule has 196 valence electrons. The Balaban J connectivity index is 1.37. The van der Waals surface area contributed by atoms with Crippen LogP contribution in [0.5, 0.6) is 0 Å². The van der Waals surface area contributed by atoms with Crippen molar-refractivity contribution in [3.05, 3.63) is 69.9 Å². The minimum Gasteiger partial charge on any atom is -0.346 e. The molecule has 3 N–H and O–H groups in total. The van der Waals surface area contributed by atoms with Gasteiger partial charge in [-0.2, -0.15) is 0 Å². The van der Waals surface area contributed by atoms with Crippen molar-refractivity contribution in [1.29, 1.82) is 0 Å². The number of nitrogens with one attached hydrogen (secondary N) is 3. The van der Waals surface area contributed by atoms with Crippen LogP contribution in [0.4, 0.5) is 11.4 Å². The summed E-state index contributed by atoms with van der Waals surface area (Å²) < 4.78 is 3.75. The first-order valence-corrected chi connectivity index (χ1v) is 13.2. The van der Waals surface area contributed by atoms with E-state index in [4.69, 9.17) is 11.6 Å². The molecule has 0 radical (unpaired) electrons. The number of anilines is 2. The number of imidazole rings is 1. The van der Waals surface area contributed by atoms with Crippen LogP contribution in [0.2, 0.25) is 5.02 Å². The highest BCUT2D eigenvalue weighted by atomic mass is 35.5. The van der Waals surface area contributed by atoms with Gasteiger partial charge in [-0.05, 0) is 62.8 Å². The van der Waals surface area contributed by atoms with Gasteiger partial charge >= 0.3 is 0 Å². The predicted octanol–water partition coefficient (Wildman–Crippen LogP) is 4.94. The van der Waals surface area contributed by atoms with Crippen LogP contribution in [0, 0.1) is 0 Å². The molecular formula is C26H27ClN8O2S. The molecule has 0 unspecified atom stereocenters. The Morgan fingerprint density at radius 1 is 1.13 bits per heavy atom. The third-order valence-corrected chi connectivity index (χ3v) is 7.32. The fourth-order valence-corrected chi connectivity index (χ4v) is 5.22. The van der Waals surface area contributed by atoms with Crippen molar-refractivity contribution in [3.8, 4) is 11.5 Å². The number of carbonyl (C=O) groups excluding carboxylic acids is 2. The van der Waals surface area contributed by atoms with Gasteiger partial charge in [-0.1, -0.05) is 11.6 Å². The van der Waals surface area contributed by atoms with E-state index in [0.29, 0.717) is 45.0 Å². The third-order valence-electron chi connectivity index (χ3n) is 5.98. The lowest BCUT2D eigenvalue weighted by molar-refractivity contribution is 0.101. The zero-order chi connectivity index (χ0) is 26.8. The van der Waals surface area contributed by atoms with Gasteiger partial charge in [0.15, 0.2) is 11.5 Å². The van der Waals surface area contributed by atoms with Gasteiger partial charge in [-0.25, -0.2) is 9.97 Å². The van der Waals surface area contributed by atoms with Gasteiger partial charge in [0.2, 0.25) is 0 Å². The molecule has 0 spiro atoms. The number of pyridine rings is 1. The molecule has 0 saturated heterocycles. The molecule has 5 aromatic heterocycles. The second kappa shape index (κ2) is 10.8. The first-order valence-electron chi connectivity index (χ1n) is 12.0. The summed E-state index contributed by atoms with van der Waals surface area (Å²) >= 11 is 7.39. The number of nitrogens with zero attached hydrogens (tertiary/aromatic N) is 5. The van der Waals surface area contributed by atoms with E-state index in [1.807, 2.05) is 54.7 Å². The van der Waals surface area contributed by atoms with E-state index in [-0.39, 0.29) is 11.8 Å². The van der Waals surface area contributed by atoms with Gasteiger partial charge < -0.3 is 29.7 Å². The summed E-state index contributed by atoms with van der Waals surface area (Å²) in [5.41, 5.74) is 3.86. The van der Waals surface area contributed by atoms with Crippen LogP contribution in [0.15, 0.2) is 54.3 Å². The molecule has 38 heavy (non-hydrogen) atoms. The molecule has 12 heteroatoms. The standard InChI is InChI=1S/C26H27ClN8O2S/c1-33(2)9-5-10-35-15-17(30-26(37)22-18(27)7-11-38-22)13-21(35)25(36)29-16-12-20(34(3)14-16)24-31-19-6-4-8-28-23(19)32-24/h4,6-8,11-15H,5,9-10H2,1-3H3,(H,29,36)(H,30,37)(H,28,31,32). The minimum absolute atomic E-state index is 0.284. The van der Waals surface area contributed by atoms with Crippen LogP contribution in [0.3, 0.4) is 0 Å². The van der Waals surface area contributed by atoms with Crippen molar-refractivity contribution in [2.45, 2.75) is 13.0 Å². The van der Waals surface area contributed by atoms with Crippen LogP contribution in [0.1, 0.15) is 26.6 Å². The number of aromatic amines is 1. The Kier molecular flexibility index (Phi) is 7.32. The monoisotopic (exact) mass is 550 g/mol. The molecule has 10 nitrogen and oxygen atoms in total. The smallest absolute Gasteiger partial charge is 0.272 e. The lowest BCUT2D eigenvalue weighted by Gasteiger charge is -2.12. The summed E-state index contributed by atoms with van der Waals surface area (Å²) in [5, 5.41) is 8.01. The Morgan fingerprint density at radius 2 is 1.92 bits per heavy atom. The fraction of sp³-hybridized carbons (Fsp3) is 0.231. The molecule has 0 aliphatic heterocycles. The van der Waals surface area contributed by atoms with Crippen molar-refractivity contribution in [2.75, 3.05) is 31.3 Å². The van der Waals surface area contributed by atoms with Gasteiger partial charge in [-0.3, -0.25) is 9.59 Å². The molecular weight excluding hydrogens is 524 g/mol. The number of amides is 2. The molecule has 0 fully saturated rings. The second-order valence-electron chi connectivity index (χ2n) is 9.15. The second-order valence-corrected chi connectivity index (χ2v) is 10.5. The first kappa shape index (κ1) is 25.7. The molecule has 5 rings (SSSR count). The maximum absolute atomic E-state index is 13.4. The molecule has 0 atom stereocenters. The number of H-pyrrole nitrogens is 1. The lowest BCUT2D eigenvalue weighted by atomic mass is 10.3. The Hall–Kier alpha value is -3.93. The number of carbonyl (C=O) groups is 2. The molecule has 0 aromatic carbocycles. The molecule has 2 amide bonds. The number of aryl methyl sites for hydroxylation is 2. The number of aromatic nitrogens is 5. The topological polar surface area (TPSA) is 113 Å². The van der Waals surface area contributed by atoms with Crippen molar-refractivity contribution in [3.63, 3.8) is 0 Å². The lowest BCUT2D eigenvalue weighted by Crippen LogP contribution is -2.19. The molecule has 0 saturated carbocycles. The summed E-state index contributed by atoms with van der Waals surface area (Å²) in [4.78, 5) is 40.7. The molecule has 5 aromatic rings. The van der Waals surface area contributed by atoms with E-state index < -0.39 is 0 Å².